The molecule has 0 radical (unpaired) electrons. The van der Waals surface area contributed by atoms with Gasteiger partial charge in [-0.3, -0.25) is 4.79 Å². The van der Waals surface area contributed by atoms with Crippen molar-refractivity contribution in [1.29, 1.82) is 0 Å². The van der Waals surface area contributed by atoms with Crippen molar-refractivity contribution in [2.24, 2.45) is 0 Å². The Balaban J connectivity index is 1.78. The predicted octanol–water partition coefficient (Wildman–Crippen LogP) is 6.41. The molecule has 4 aromatic rings. The van der Waals surface area contributed by atoms with Gasteiger partial charge in [-0.2, -0.15) is 5.10 Å². The predicted molar refractivity (Wildman–Crippen MR) is 131 cm³/mol. The molecule has 5 heteroatoms. The zero-order valence-electron chi connectivity index (χ0n) is 19.3. The standard InChI is InChI=1S/C28H29N3O2/c1-4-21(2)30(27(32)23-14-8-5-9-15-23)20-26-22(3)29-31(24-16-10-6-11-17-24)28(26)33-25-18-12-7-13-19-25/h5-19,21H,4,20H2,1-3H3. The number of benzene rings is 3. The molecule has 0 aliphatic heterocycles. The fraction of sp³-hybridized carbons (Fsp3) is 0.214. The second kappa shape index (κ2) is 10.2. The number of carbonyl (C=O) groups is 1. The van der Waals surface area contributed by atoms with Gasteiger partial charge < -0.3 is 9.64 Å². The second-order valence-corrected chi connectivity index (χ2v) is 8.09. The molecule has 168 valence electrons. The van der Waals surface area contributed by atoms with E-state index in [9.17, 15) is 4.79 Å². The Hall–Kier alpha value is -3.86. The van der Waals surface area contributed by atoms with Crippen LogP contribution in [0.5, 0.6) is 11.6 Å². The largest absolute Gasteiger partial charge is 0.439 e. The molecule has 33 heavy (non-hydrogen) atoms. The molecule has 1 amide bonds. The smallest absolute Gasteiger partial charge is 0.254 e. The fourth-order valence-corrected chi connectivity index (χ4v) is 3.73. The number of hydrogen-bond acceptors (Lipinski definition) is 3. The maximum Gasteiger partial charge on any atom is 0.254 e. The van der Waals surface area contributed by atoms with Crippen LogP contribution in [0, 0.1) is 6.92 Å². The van der Waals surface area contributed by atoms with Gasteiger partial charge >= 0.3 is 0 Å². The van der Waals surface area contributed by atoms with Gasteiger partial charge in [0.25, 0.3) is 5.91 Å². The van der Waals surface area contributed by atoms with Crippen molar-refractivity contribution in [2.45, 2.75) is 39.8 Å². The maximum atomic E-state index is 13.5. The first-order chi connectivity index (χ1) is 16.1. The number of ether oxygens (including phenoxy) is 1. The average molecular weight is 440 g/mol. The van der Waals surface area contributed by atoms with E-state index < -0.39 is 0 Å². The van der Waals surface area contributed by atoms with Crippen molar-refractivity contribution in [3.63, 3.8) is 0 Å². The third kappa shape index (κ3) is 4.98. The molecular weight excluding hydrogens is 410 g/mol. The van der Waals surface area contributed by atoms with Gasteiger partial charge in [-0.1, -0.05) is 61.5 Å². The fourth-order valence-electron chi connectivity index (χ4n) is 3.73. The van der Waals surface area contributed by atoms with Crippen molar-refractivity contribution >= 4 is 5.91 Å². The summed E-state index contributed by atoms with van der Waals surface area (Å²) >= 11 is 0. The Morgan fingerprint density at radius 2 is 1.52 bits per heavy atom. The highest BCUT2D eigenvalue weighted by Gasteiger charge is 2.26. The van der Waals surface area contributed by atoms with Crippen molar-refractivity contribution in [2.75, 3.05) is 0 Å². The Bertz CT molecular complexity index is 1190. The summed E-state index contributed by atoms with van der Waals surface area (Å²) in [6.07, 6.45) is 0.847. The molecule has 4 rings (SSSR count). The molecule has 0 bridgehead atoms. The number of aromatic nitrogens is 2. The number of aryl methyl sites for hydroxylation is 1. The first-order valence-corrected chi connectivity index (χ1v) is 11.3. The Morgan fingerprint density at radius 1 is 0.939 bits per heavy atom. The summed E-state index contributed by atoms with van der Waals surface area (Å²) in [4.78, 5) is 15.4. The van der Waals surface area contributed by atoms with Crippen molar-refractivity contribution < 1.29 is 9.53 Å². The minimum absolute atomic E-state index is 0.00229. The van der Waals surface area contributed by atoms with Crippen molar-refractivity contribution in [3.05, 3.63) is 108 Å². The molecular formula is C28H29N3O2. The van der Waals surface area contributed by atoms with Crippen LogP contribution < -0.4 is 4.74 Å². The molecule has 0 fully saturated rings. The SMILES string of the molecule is CCC(C)N(Cc1c(C)nn(-c2ccccc2)c1Oc1ccccc1)C(=O)c1ccccc1. The summed E-state index contributed by atoms with van der Waals surface area (Å²) in [6.45, 7) is 6.55. The Kier molecular flexibility index (Phi) is 6.89. The Labute approximate surface area is 195 Å². The lowest BCUT2D eigenvalue weighted by molar-refractivity contribution is 0.0670. The highest BCUT2D eigenvalue weighted by Crippen LogP contribution is 2.32. The molecule has 0 saturated carbocycles. The van der Waals surface area contributed by atoms with E-state index in [2.05, 4.69) is 13.8 Å². The maximum absolute atomic E-state index is 13.5. The number of amides is 1. The normalized spacial score (nSPS) is 11.7. The lowest BCUT2D eigenvalue weighted by Gasteiger charge is -2.29. The summed E-state index contributed by atoms with van der Waals surface area (Å²) in [7, 11) is 0. The molecule has 1 atom stereocenters. The molecule has 3 aromatic carbocycles. The quantitative estimate of drug-likeness (QED) is 0.318. The van der Waals surface area contributed by atoms with E-state index in [1.54, 1.807) is 0 Å². The molecule has 1 aromatic heterocycles. The van der Waals surface area contributed by atoms with Crippen LogP contribution in [-0.4, -0.2) is 26.6 Å². The molecule has 1 unspecified atom stereocenters. The van der Waals surface area contributed by atoms with Gasteiger partial charge in [0, 0.05) is 11.6 Å². The lowest BCUT2D eigenvalue weighted by Crippen LogP contribution is -2.38. The van der Waals surface area contributed by atoms with E-state index in [1.165, 1.54) is 0 Å². The third-order valence-corrected chi connectivity index (χ3v) is 5.83. The van der Waals surface area contributed by atoms with Gasteiger partial charge in [-0.25, -0.2) is 4.68 Å². The number of rotatable bonds is 8. The highest BCUT2D eigenvalue weighted by molar-refractivity contribution is 5.94. The average Bonchev–Trinajstić information content (AvgIpc) is 3.17. The first kappa shape index (κ1) is 22.3. The lowest BCUT2D eigenvalue weighted by atomic mass is 10.1. The molecule has 0 aliphatic rings. The number of hydrogen-bond donors (Lipinski definition) is 0. The molecule has 0 N–H and O–H groups in total. The summed E-state index contributed by atoms with van der Waals surface area (Å²) in [5, 5.41) is 4.80. The topological polar surface area (TPSA) is 47.4 Å². The molecule has 1 heterocycles. The van der Waals surface area contributed by atoms with E-state index in [0.29, 0.717) is 18.0 Å². The van der Waals surface area contributed by atoms with E-state index in [4.69, 9.17) is 9.84 Å². The highest BCUT2D eigenvalue weighted by atomic mass is 16.5. The minimum Gasteiger partial charge on any atom is -0.439 e. The monoisotopic (exact) mass is 439 g/mol. The van der Waals surface area contributed by atoms with Crippen LogP contribution in [0.15, 0.2) is 91.0 Å². The van der Waals surface area contributed by atoms with Gasteiger partial charge in [-0.15, -0.1) is 0 Å². The van der Waals surface area contributed by atoms with Crippen LogP contribution in [0.2, 0.25) is 0 Å². The van der Waals surface area contributed by atoms with Crippen LogP contribution in [-0.2, 0) is 6.54 Å². The molecule has 0 aliphatic carbocycles. The minimum atomic E-state index is 0.00229. The van der Waals surface area contributed by atoms with Crippen LogP contribution in [0.3, 0.4) is 0 Å². The van der Waals surface area contributed by atoms with Gasteiger partial charge in [0.2, 0.25) is 5.88 Å². The van der Waals surface area contributed by atoms with Crippen LogP contribution in [0.4, 0.5) is 0 Å². The number of para-hydroxylation sites is 2. The first-order valence-electron chi connectivity index (χ1n) is 11.3. The van der Waals surface area contributed by atoms with E-state index in [1.807, 2.05) is 108 Å². The zero-order valence-corrected chi connectivity index (χ0v) is 19.3. The van der Waals surface area contributed by atoms with Gasteiger partial charge in [-0.05, 0) is 56.7 Å². The van der Waals surface area contributed by atoms with E-state index >= 15 is 0 Å². The summed E-state index contributed by atoms with van der Waals surface area (Å²) in [5.41, 5.74) is 3.31. The van der Waals surface area contributed by atoms with E-state index in [-0.39, 0.29) is 11.9 Å². The second-order valence-electron chi connectivity index (χ2n) is 8.09. The third-order valence-electron chi connectivity index (χ3n) is 5.83. The summed E-state index contributed by atoms with van der Waals surface area (Å²) in [6, 6.07) is 29.1. The van der Waals surface area contributed by atoms with Crippen LogP contribution in [0.1, 0.15) is 41.9 Å². The van der Waals surface area contributed by atoms with Gasteiger partial charge in [0.05, 0.1) is 23.5 Å². The van der Waals surface area contributed by atoms with Gasteiger partial charge in [0.1, 0.15) is 5.75 Å². The summed E-state index contributed by atoms with van der Waals surface area (Å²) in [5.74, 6) is 1.35. The van der Waals surface area contributed by atoms with Gasteiger partial charge in [0.15, 0.2) is 0 Å². The number of nitrogens with zero attached hydrogens (tertiary/aromatic N) is 3. The summed E-state index contributed by atoms with van der Waals surface area (Å²) < 4.78 is 8.20. The molecule has 5 nitrogen and oxygen atoms in total. The zero-order chi connectivity index (χ0) is 23.2. The van der Waals surface area contributed by atoms with Crippen LogP contribution >= 0.6 is 0 Å². The molecule has 0 spiro atoms. The molecule has 0 saturated heterocycles. The van der Waals surface area contributed by atoms with E-state index in [0.717, 1.165) is 29.1 Å². The number of carbonyl (C=O) groups excluding carboxylic acids is 1. The Morgan fingerprint density at radius 3 is 2.12 bits per heavy atom. The van der Waals surface area contributed by atoms with Crippen molar-refractivity contribution in [3.8, 4) is 17.3 Å². The van der Waals surface area contributed by atoms with Crippen LogP contribution in [0.25, 0.3) is 5.69 Å². The van der Waals surface area contributed by atoms with Crippen molar-refractivity contribution in [1.82, 2.24) is 14.7 Å².